The molecule has 1 saturated heterocycles. The fourth-order valence-corrected chi connectivity index (χ4v) is 5.92. The molecule has 2 heteroatoms. The molecule has 2 nitrogen and oxygen atoms in total. The van der Waals surface area contributed by atoms with Crippen molar-refractivity contribution in [1.29, 1.82) is 0 Å². The molecule has 2 fully saturated rings. The second kappa shape index (κ2) is 9.57. The summed E-state index contributed by atoms with van der Waals surface area (Å²) in [4.78, 5) is 2.58. The van der Waals surface area contributed by atoms with E-state index in [1.165, 1.54) is 96.8 Å². The summed E-state index contributed by atoms with van der Waals surface area (Å²) in [5, 5.41) is 3.90. The van der Waals surface area contributed by atoms with Crippen molar-refractivity contribution in [2.45, 2.75) is 104 Å². The van der Waals surface area contributed by atoms with E-state index in [1.54, 1.807) is 0 Å². The van der Waals surface area contributed by atoms with E-state index >= 15 is 0 Å². The largest absolute Gasteiger partial charge is 0.313 e. The van der Waals surface area contributed by atoms with Crippen molar-refractivity contribution in [3.8, 4) is 0 Å². The van der Waals surface area contributed by atoms with Crippen LogP contribution in [-0.2, 0) is 0 Å². The molecule has 1 N–H and O–H groups in total. The van der Waals surface area contributed by atoms with Crippen molar-refractivity contribution in [2.24, 2.45) is 10.8 Å². The molecule has 0 aromatic rings. The molecule has 24 heavy (non-hydrogen) atoms. The van der Waals surface area contributed by atoms with Crippen molar-refractivity contribution in [2.75, 3.05) is 26.2 Å². The van der Waals surface area contributed by atoms with Gasteiger partial charge in [0.1, 0.15) is 0 Å². The van der Waals surface area contributed by atoms with Crippen molar-refractivity contribution >= 4 is 0 Å². The molecule has 0 radical (unpaired) electrons. The highest BCUT2D eigenvalue weighted by molar-refractivity contribution is 5.02. The van der Waals surface area contributed by atoms with Crippen molar-refractivity contribution in [3.63, 3.8) is 0 Å². The molecule has 0 aromatic carbocycles. The zero-order chi connectivity index (χ0) is 17.5. The maximum Gasteiger partial charge on any atom is 0.0124 e. The highest BCUT2D eigenvalue weighted by Gasteiger charge is 2.47. The fourth-order valence-electron chi connectivity index (χ4n) is 5.92. The van der Waals surface area contributed by atoms with Crippen molar-refractivity contribution in [1.82, 2.24) is 10.2 Å². The van der Waals surface area contributed by atoms with Gasteiger partial charge in [-0.1, -0.05) is 40.5 Å². The molecule has 1 aliphatic carbocycles. The first-order chi connectivity index (χ1) is 11.6. The van der Waals surface area contributed by atoms with Gasteiger partial charge in [-0.3, -0.25) is 0 Å². The lowest BCUT2D eigenvalue weighted by molar-refractivity contribution is 0.0484. The predicted molar refractivity (Wildman–Crippen MR) is 107 cm³/mol. The molecular weight excluding hydrogens is 292 g/mol. The summed E-state index contributed by atoms with van der Waals surface area (Å²) < 4.78 is 0. The zero-order valence-corrected chi connectivity index (χ0v) is 17.1. The van der Waals surface area contributed by atoms with Gasteiger partial charge in [-0.15, -0.1) is 0 Å². The van der Waals surface area contributed by atoms with E-state index in [1.807, 2.05) is 0 Å². The average molecular weight is 337 g/mol. The minimum Gasteiger partial charge on any atom is -0.313 e. The maximum atomic E-state index is 3.90. The van der Waals surface area contributed by atoms with Crippen LogP contribution < -0.4 is 5.32 Å². The van der Waals surface area contributed by atoms with Crippen LogP contribution >= 0.6 is 0 Å². The van der Waals surface area contributed by atoms with Crippen LogP contribution in [0.4, 0.5) is 0 Å². The molecule has 1 saturated carbocycles. The molecule has 1 heterocycles. The van der Waals surface area contributed by atoms with Crippen LogP contribution in [0, 0.1) is 10.8 Å². The average Bonchev–Trinajstić information content (AvgIpc) is 2.98. The minimum atomic E-state index is 0.647. The van der Waals surface area contributed by atoms with E-state index in [9.17, 15) is 0 Å². The summed E-state index contributed by atoms with van der Waals surface area (Å²) in [5.74, 6) is 0. The third-order valence-electron chi connectivity index (χ3n) is 7.48. The summed E-state index contributed by atoms with van der Waals surface area (Å²) in [6.45, 7) is 14.3. The van der Waals surface area contributed by atoms with Gasteiger partial charge in [0, 0.05) is 6.04 Å². The molecule has 1 atom stereocenters. The highest BCUT2D eigenvalue weighted by atomic mass is 15.1. The van der Waals surface area contributed by atoms with Crippen LogP contribution in [-0.4, -0.2) is 37.1 Å². The Balaban J connectivity index is 1.88. The Morgan fingerprint density at radius 3 is 2.04 bits per heavy atom. The molecule has 0 aromatic heterocycles. The van der Waals surface area contributed by atoms with Gasteiger partial charge in [-0.05, 0) is 94.8 Å². The van der Waals surface area contributed by atoms with E-state index in [0.29, 0.717) is 10.8 Å². The van der Waals surface area contributed by atoms with Gasteiger partial charge in [0.2, 0.25) is 0 Å². The first-order valence-electron chi connectivity index (χ1n) is 11.1. The minimum absolute atomic E-state index is 0.647. The lowest BCUT2D eigenvalue weighted by atomic mass is 9.58. The van der Waals surface area contributed by atoms with Crippen molar-refractivity contribution in [3.05, 3.63) is 0 Å². The van der Waals surface area contributed by atoms with Gasteiger partial charge in [0.05, 0.1) is 0 Å². The molecule has 1 aliphatic heterocycles. The molecule has 1 unspecified atom stereocenters. The number of nitrogens with one attached hydrogen (secondary N) is 1. The van der Waals surface area contributed by atoms with E-state index in [0.717, 1.165) is 6.04 Å². The van der Waals surface area contributed by atoms with Crippen LogP contribution in [0.5, 0.6) is 0 Å². The van der Waals surface area contributed by atoms with E-state index in [4.69, 9.17) is 0 Å². The molecule has 142 valence electrons. The van der Waals surface area contributed by atoms with Gasteiger partial charge in [-0.25, -0.2) is 0 Å². The third-order valence-corrected chi connectivity index (χ3v) is 7.48. The predicted octanol–water partition coefficient (Wildman–Crippen LogP) is 5.62. The van der Waals surface area contributed by atoms with E-state index in [-0.39, 0.29) is 0 Å². The molecular formula is C22H44N2. The van der Waals surface area contributed by atoms with Gasteiger partial charge in [0.25, 0.3) is 0 Å². The Labute approximate surface area is 152 Å². The lowest BCUT2D eigenvalue weighted by Crippen LogP contribution is -2.42. The second-order valence-electron chi connectivity index (χ2n) is 8.79. The number of nitrogens with zero attached hydrogens (tertiary/aromatic N) is 1. The topological polar surface area (TPSA) is 15.3 Å². The third kappa shape index (κ3) is 4.75. The van der Waals surface area contributed by atoms with Gasteiger partial charge >= 0.3 is 0 Å². The summed E-state index contributed by atoms with van der Waals surface area (Å²) in [7, 11) is 0. The number of rotatable bonds is 10. The lowest BCUT2D eigenvalue weighted by Gasteiger charge is -2.48. The monoisotopic (exact) mass is 336 g/mol. The summed E-state index contributed by atoms with van der Waals surface area (Å²) in [6.07, 6.45) is 15.9. The smallest absolute Gasteiger partial charge is 0.0124 e. The van der Waals surface area contributed by atoms with Gasteiger partial charge in [-0.2, -0.15) is 0 Å². The van der Waals surface area contributed by atoms with E-state index < -0.39 is 0 Å². The Hall–Kier alpha value is -0.0800. The molecule has 2 rings (SSSR count). The normalized spacial score (nSPS) is 25.6. The molecule has 1 spiro atoms. The molecule has 0 bridgehead atoms. The Morgan fingerprint density at radius 2 is 1.50 bits per heavy atom. The Bertz CT molecular complexity index is 332. The van der Waals surface area contributed by atoms with Crippen LogP contribution in [0.2, 0.25) is 0 Å². The highest BCUT2D eigenvalue weighted by Crippen LogP contribution is 2.54. The van der Waals surface area contributed by atoms with Crippen LogP contribution in [0.1, 0.15) is 98.3 Å². The van der Waals surface area contributed by atoms with Crippen LogP contribution in [0.3, 0.4) is 0 Å². The molecule has 0 amide bonds. The maximum absolute atomic E-state index is 3.90. The summed E-state index contributed by atoms with van der Waals surface area (Å²) in [6, 6.07) is 0.800. The number of hydrogen-bond donors (Lipinski definition) is 1. The quantitative estimate of drug-likeness (QED) is 0.557. The first kappa shape index (κ1) is 20.2. The van der Waals surface area contributed by atoms with Crippen LogP contribution in [0.15, 0.2) is 0 Å². The van der Waals surface area contributed by atoms with Gasteiger partial charge in [0.15, 0.2) is 0 Å². The summed E-state index contributed by atoms with van der Waals surface area (Å²) in [5.41, 5.74) is 1.34. The SMILES string of the molecule is CCCC1(CCC)CCC2(CCNC2CCCN(CC)CC)CC1. The number of hydrogen-bond acceptors (Lipinski definition) is 2. The second-order valence-corrected chi connectivity index (χ2v) is 8.79. The van der Waals surface area contributed by atoms with Gasteiger partial charge < -0.3 is 10.2 Å². The Kier molecular flexibility index (Phi) is 8.07. The summed E-state index contributed by atoms with van der Waals surface area (Å²) >= 11 is 0. The standard InChI is InChI=1S/C22H44N2/c1-5-11-21(12-6-2)13-15-22(16-14-21)17-18-23-20(22)10-9-19-24(7-3)8-4/h20,23H,5-19H2,1-4H3. The first-order valence-corrected chi connectivity index (χ1v) is 11.1. The van der Waals surface area contributed by atoms with Crippen LogP contribution in [0.25, 0.3) is 0 Å². The van der Waals surface area contributed by atoms with Crippen molar-refractivity contribution < 1.29 is 0 Å². The fraction of sp³-hybridized carbons (Fsp3) is 1.00. The van der Waals surface area contributed by atoms with E-state index in [2.05, 4.69) is 37.9 Å². The zero-order valence-electron chi connectivity index (χ0n) is 17.1. The molecule has 2 aliphatic rings. The Morgan fingerprint density at radius 1 is 0.875 bits per heavy atom.